The van der Waals surface area contributed by atoms with Crippen LogP contribution in [0, 0.1) is 0 Å². The molecule has 0 amide bonds. The molecule has 19 heavy (non-hydrogen) atoms. The van der Waals surface area contributed by atoms with E-state index in [2.05, 4.69) is 53.5 Å². The van der Waals surface area contributed by atoms with Crippen LogP contribution in [-0.2, 0) is 6.54 Å². The van der Waals surface area contributed by atoms with Crippen molar-refractivity contribution in [2.24, 2.45) is 0 Å². The van der Waals surface area contributed by atoms with E-state index in [1.807, 2.05) is 11.3 Å². The van der Waals surface area contributed by atoms with Crippen molar-refractivity contribution in [2.75, 3.05) is 33.2 Å². The summed E-state index contributed by atoms with van der Waals surface area (Å²) in [7, 11) is 2.24. The van der Waals surface area contributed by atoms with Gasteiger partial charge in [-0.25, -0.2) is 0 Å². The lowest BCUT2D eigenvalue weighted by atomic mass is 10.2. The van der Waals surface area contributed by atoms with E-state index in [-0.39, 0.29) is 0 Å². The fraction of sp³-hybridized carbons (Fsp3) is 0.733. The Morgan fingerprint density at radius 1 is 1.47 bits per heavy atom. The largest absolute Gasteiger partial charge is 0.310 e. The average molecular weight is 281 g/mol. The van der Waals surface area contributed by atoms with Crippen molar-refractivity contribution in [3.8, 4) is 0 Å². The third-order valence-electron chi connectivity index (χ3n) is 3.98. The maximum Gasteiger partial charge on any atom is 0.0300 e. The minimum Gasteiger partial charge on any atom is -0.310 e. The van der Waals surface area contributed by atoms with Gasteiger partial charge in [-0.3, -0.25) is 4.90 Å². The smallest absolute Gasteiger partial charge is 0.0300 e. The highest BCUT2D eigenvalue weighted by Gasteiger charge is 2.23. The first-order valence-electron chi connectivity index (χ1n) is 7.34. The zero-order chi connectivity index (χ0) is 13.7. The molecule has 2 atom stereocenters. The molecule has 2 unspecified atom stereocenters. The van der Waals surface area contributed by atoms with Gasteiger partial charge in [-0.05, 0) is 45.3 Å². The number of nitrogens with one attached hydrogen (secondary N) is 1. The molecule has 4 heteroatoms. The molecule has 0 aliphatic carbocycles. The topological polar surface area (TPSA) is 18.5 Å². The molecule has 1 saturated heterocycles. The lowest BCUT2D eigenvalue weighted by molar-refractivity contribution is 0.150. The van der Waals surface area contributed by atoms with Crippen molar-refractivity contribution in [2.45, 2.75) is 38.9 Å². The molecular formula is C15H27N3S. The lowest BCUT2D eigenvalue weighted by Gasteiger charge is -2.33. The minimum atomic E-state index is 0.612. The molecule has 1 fully saturated rings. The number of hydrogen-bond acceptors (Lipinski definition) is 4. The molecular weight excluding hydrogens is 254 g/mol. The van der Waals surface area contributed by atoms with Crippen LogP contribution in [0.4, 0.5) is 0 Å². The summed E-state index contributed by atoms with van der Waals surface area (Å²) in [5, 5.41) is 5.74. The molecule has 1 aliphatic heterocycles. The average Bonchev–Trinajstić information content (AvgIpc) is 2.81. The number of likely N-dealkylation sites (N-methyl/N-ethyl adjacent to an activating group) is 1. The maximum absolute atomic E-state index is 3.59. The molecule has 0 spiro atoms. The first kappa shape index (κ1) is 15.0. The van der Waals surface area contributed by atoms with E-state index in [0.29, 0.717) is 12.1 Å². The number of nitrogens with zero attached hydrogens (tertiary/aromatic N) is 2. The van der Waals surface area contributed by atoms with Crippen molar-refractivity contribution < 1.29 is 0 Å². The quantitative estimate of drug-likeness (QED) is 0.893. The van der Waals surface area contributed by atoms with Gasteiger partial charge in [-0.1, -0.05) is 6.07 Å². The van der Waals surface area contributed by atoms with Gasteiger partial charge in [0.05, 0.1) is 0 Å². The van der Waals surface area contributed by atoms with E-state index in [1.165, 1.54) is 30.9 Å². The Hall–Kier alpha value is -0.420. The normalized spacial score (nSPS) is 24.3. The van der Waals surface area contributed by atoms with Gasteiger partial charge >= 0.3 is 0 Å². The maximum atomic E-state index is 3.59. The summed E-state index contributed by atoms with van der Waals surface area (Å²) in [4.78, 5) is 6.54. The molecule has 0 radical (unpaired) electrons. The molecule has 2 rings (SSSR count). The van der Waals surface area contributed by atoms with Crippen LogP contribution in [0.2, 0.25) is 0 Å². The summed E-state index contributed by atoms with van der Waals surface area (Å²) in [6.07, 6.45) is 1.29. The number of rotatable bonds is 5. The van der Waals surface area contributed by atoms with Crippen LogP contribution >= 0.6 is 11.3 Å². The molecule has 1 aliphatic rings. The molecule has 0 bridgehead atoms. The van der Waals surface area contributed by atoms with Gasteiger partial charge in [0.1, 0.15) is 0 Å². The van der Waals surface area contributed by atoms with Crippen LogP contribution in [0.25, 0.3) is 0 Å². The Labute approximate surface area is 121 Å². The first-order chi connectivity index (χ1) is 9.16. The van der Waals surface area contributed by atoms with E-state index in [9.17, 15) is 0 Å². The highest BCUT2D eigenvalue weighted by Crippen LogP contribution is 2.12. The standard InChI is InChI=1S/C15H27N3S/c1-13(10-16-11-15-6-4-9-19-15)18-8-5-7-17(3)12-14(18)2/h4,6,9,13-14,16H,5,7-8,10-12H2,1-3H3. The summed E-state index contributed by atoms with van der Waals surface area (Å²) in [5.41, 5.74) is 0. The van der Waals surface area contributed by atoms with Gasteiger partial charge in [0.15, 0.2) is 0 Å². The van der Waals surface area contributed by atoms with Crippen LogP contribution in [0.5, 0.6) is 0 Å². The second-order valence-electron chi connectivity index (χ2n) is 5.76. The highest BCUT2D eigenvalue weighted by atomic mass is 32.1. The van der Waals surface area contributed by atoms with E-state index in [4.69, 9.17) is 0 Å². The summed E-state index contributed by atoms with van der Waals surface area (Å²) < 4.78 is 0. The van der Waals surface area contributed by atoms with Crippen LogP contribution < -0.4 is 5.32 Å². The van der Waals surface area contributed by atoms with Crippen LogP contribution in [0.15, 0.2) is 17.5 Å². The van der Waals surface area contributed by atoms with Crippen molar-refractivity contribution in [1.29, 1.82) is 0 Å². The van der Waals surface area contributed by atoms with Gasteiger partial charge in [0.25, 0.3) is 0 Å². The van der Waals surface area contributed by atoms with Crippen molar-refractivity contribution in [3.05, 3.63) is 22.4 Å². The number of thiophene rings is 1. The third kappa shape index (κ3) is 4.56. The monoisotopic (exact) mass is 281 g/mol. The van der Waals surface area contributed by atoms with E-state index in [0.717, 1.165) is 13.1 Å². The summed E-state index contributed by atoms with van der Waals surface area (Å²) in [5.74, 6) is 0. The molecule has 0 aromatic carbocycles. The molecule has 108 valence electrons. The summed E-state index contributed by atoms with van der Waals surface area (Å²) >= 11 is 1.83. The summed E-state index contributed by atoms with van der Waals surface area (Å²) in [6.45, 7) is 10.4. The fourth-order valence-corrected chi connectivity index (χ4v) is 3.65. The molecule has 3 nitrogen and oxygen atoms in total. The van der Waals surface area contributed by atoms with E-state index >= 15 is 0 Å². The Morgan fingerprint density at radius 2 is 2.32 bits per heavy atom. The fourth-order valence-electron chi connectivity index (χ4n) is 2.98. The Morgan fingerprint density at radius 3 is 3.05 bits per heavy atom. The molecule has 1 aromatic rings. The molecule has 0 saturated carbocycles. The third-order valence-corrected chi connectivity index (χ3v) is 4.86. The second kappa shape index (κ2) is 7.39. The minimum absolute atomic E-state index is 0.612. The molecule has 1 aromatic heterocycles. The van der Waals surface area contributed by atoms with Gasteiger partial charge in [-0.2, -0.15) is 0 Å². The zero-order valence-electron chi connectivity index (χ0n) is 12.4. The SMILES string of the molecule is CC(CNCc1cccs1)N1CCCN(C)CC1C. The summed E-state index contributed by atoms with van der Waals surface area (Å²) in [6, 6.07) is 5.59. The van der Waals surface area contributed by atoms with Crippen molar-refractivity contribution >= 4 is 11.3 Å². The van der Waals surface area contributed by atoms with Gasteiger partial charge < -0.3 is 10.2 Å². The molecule has 1 N–H and O–H groups in total. The Bertz CT molecular complexity index is 352. The molecule has 2 heterocycles. The predicted molar refractivity (Wildman–Crippen MR) is 83.8 cm³/mol. The van der Waals surface area contributed by atoms with Crippen LogP contribution in [0.3, 0.4) is 0 Å². The van der Waals surface area contributed by atoms with E-state index < -0.39 is 0 Å². The van der Waals surface area contributed by atoms with Crippen LogP contribution in [0.1, 0.15) is 25.1 Å². The van der Waals surface area contributed by atoms with Crippen molar-refractivity contribution in [3.63, 3.8) is 0 Å². The Kier molecular flexibility index (Phi) is 5.82. The van der Waals surface area contributed by atoms with Crippen molar-refractivity contribution in [1.82, 2.24) is 15.1 Å². The predicted octanol–water partition coefficient (Wildman–Crippen LogP) is 2.25. The van der Waals surface area contributed by atoms with E-state index in [1.54, 1.807) is 0 Å². The van der Waals surface area contributed by atoms with Crippen LogP contribution in [-0.4, -0.2) is 55.1 Å². The van der Waals surface area contributed by atoms with Gasteiger partial charge in [-0.15, -0.1) is 11.3 Å². The number of hydrogen-bond donors (Lipinski definition) is 1. The van der Waals surface area contributed by atoms with Gasteiger partial charge in [0, 0.05) is 43.1 Å². The Balaban J connectivity index is 1.76. The lowest BCUT2D eigenvalue weighted by Crippen LogP contribution is -2.47. The second-order valence-corrected chi connectivity index (χ2v) is 6.79. The van der Waals surface area contributed by atoms with Gasteiger partial charge in [0.2, 0.25) is 0 Å². The highest BCUT2D eigenvalue weighted by molar-refractivity contribution is 7.09. The zero-order valence-corrected chi connectivity index (χ0v) is 13.2. The first-order valence-corrected chi connectivity index (χ1v) is 8.22.